The average molecular weight is 225 g/mol. The molecule has 0 fully saturated rings. The Balaban J connectivity index is 3.04. The number of hydrogen-bond donors (Lipinski definition) is 1. The highest BCUT2D eigenvalue weighted by molar-refractivity contribution is 6.57. The van der Waals surface area contributed by atoms with Gasteiger partial charge in [-0.1, -0.05) is 78.4 Å². The Morgan fingerprint density at radius 2 is 1.25 bits per heavy atom. The minimum Gasteiger partial charge on any atom is -0.335 e. The van der Waals surface area contributed by atoms with Gasteiger partial charge < -0.3 is 5.73 Å². The van der Waals surface area contributed by atoms with Crippen LogP contribution in [0.3, 0.4) is 0 Å². The molecule has 0 aliphatic heterocycles. The van der Waals surface area contributed by atoms with E-state index in [1.807, 2.05) is 0 Å². The summed E-state index contributed by atoms with van der Waals surface area (Å²) in [6.07, 6.45) is 13.9. The van der Waals surface area contributed by atoms with E-state index in [0.717, 1.165) is 0 Å². The molecule has 0 aliphatic carbocycles. The van der Waals surface area contributed by atoms with Crippen LogP contribution in [0.4, 0.5) is 0 Å². The highest BCUT2D eigenvalue weighted by atomic mass is 14.6. The molecule has 1 atom stereocenters. The van der Waals surface area contributed by atoms with Crippen LogP contribution in [0.5, 0.6) is 0 Å². The van der Waals surface area contributed by atoms with Gasteiger partial charge in [0, 0.05) is 0 Å². The molecule has 0 radical (unpaired) electrons. The molecule has 0 amide bonds. The van der Waals surface area contributed by atoms with Gasteiger partial charge in [-0.3, -0.25) is 0 Å². The summed E-state index contributed by atoms with van der Waals surface area (Å²) in [4.78, 5) is 0. The summed E-state index contributed by atoms with van der Waals surface area (Å²) in [5.74, 6) is 0.421. The van der Waals surface area contributed by atoms with Crippen LogP contribution in [0.25, 0.3) is 0 Å². The molecule has 0 aromatic carbocycles. The van der Waals surface area contributed by atoms with Gasteiger partial charge in [-0.05, 0) is 12.4 Å². The van der Waals surface area contributed by atoms with E-state index in [9.17, 15) is 0 Å². The maximum Gasteiger partial charge on any atom is 0.153 e. The van der Waals surface area contributed by atoms with Crippen molar-refractivity contribution >= 4 is 6.71 Å². The van der Waals surface area contributed by atoms with Crippen LogP contribution in [0.2, 0.25) is 13.6 Å². The average Bonchev–Trinajstić information content (AvgIpc) is 2.26. The van der Waals surface area contributed by atoms with Gasteiger partial charge in [-0.15, -0.1) is 0 Å². The second-order valence-electron chi connectivity index (χ2n) is 5.52. The smallest absolute Gasteiger partial charge is 0.153 e. The second kappa shape index (κ2) is 11.5. The maximum atomic E-state index is 6.01. The summed E-state index contributed by atoms with van der Waals surface area (Å²) in [5.41, 5.74) is 6.01. The van der Waals surface area contributed by atoms with E-state index in [-0.39, 0.29) is 0 Å². The Morgan fingerprint density at radius 3 is 1.69 bits per heavy atom. The third-order valence-electron chi connectivity index (χ3n) is 3.50. The third kappa shape index (κ3) is 10.5. The van der Waals surface area contributed by atoms with Crippen LogP contribution < -0.4 is 5.73 Å². The minimum atomic E-state index is 0.421. The van der Waals surface area contributed by atoms with E-state index in [1.54, 1.807) is 0 Å². The van der Waals surface area contributed by atoms with Gasteiger partial charge in [0.15, 0.2) is 6.71 Å². The van der Waals surface area contributed by atoms with E-state index in [1.165, 1.54) is 64.2 Å². The summed E-state index contributed by atoms with van der Waals surface area (Å²) in [7, 11) is 0. The quantitative estimate of drug-likeness (QED) is 0.405. The number of unbranched alkanes of at least 4 members (excludes halogenated alkanes) is 8. The standard InChI is InChI=1S/C14H32BN/c1-4-5-6-7-8-9-10-11-12-13-14(16)15(2)3/h14H,4-13,16H2,1-3H3. The van der Waals surface area contributed by atoms with Crippen molar-refractivity contribution in [2.24, 2.45) is 5.73 Å². The van der Waals surface area contributed by atoms with Crippen molar-refractivity contribution in [2.45, 2.75) is 90.7 Å². The van der Waals surface area contributed by atoms with Gasteiger partial charge in [-0.2, -0.15) is 0 Å². The first-order valence-corrected chi connectivity index (χ1v) is 7.44. The van der Waals surface area contributed by atoms with Crippen molar-refractivity contribution in [1.82, 2.24) is 0 Å². The number of hydrogen-bond acceptors (Lipinski definition) is 1. The molecule has 96 valence electrons. The summed E-state index contributed by atoms with van der Waals surface area (Å²) < 4.78 is 0. The fourth-order valence-electron chi connectivity index (χ4n) is 2.02. The van der Waals surface area contributed by atoms with Crippen LogP contribution >= 0.6 is 0 Å². The molecule has 0 spiro atoms. The van der Waals surface area contributed by atoms with E-state index >= 15 is 0 Å². The van der Waals surface area contributed by atoms with Crippen molar-refractivity contribution in [3.05, 3.63) is 0 Å². The van der Waals surface area contributed by atoms with Gasteiger partial charge in [0.1, 0.15) is 0 Å². The molecular formula is C14H32BN. The van der Waals surface area contributed by atoms with Gasteiger partial charge in [0.05, 0.1) is 0 Å². The van der Waals surface area contributed by atoms with E-state index in [4.69, 9.17) is 5.73 Å². The van der Waals surface area contributed by atoms with E-state index in [2.05, 4.69) is 20.6 Å². The molecule has 0 aliphatic rings. The zero-order chi connectivity index (χ0) is 12.2. The lowest BCUT2D eigenvalue weighted by molar-refractivity contribution is 0.552. The number of nitrogens with two attached hydrogens (primary N) is 1. The highest BCUT2D eigenvalue weighted by Gasteiger charge is 2.09. The van der Waals surface area contributed by atoms with Gasteiger partial charge in [-0.25, -0.2) is 0 Å². The van der Waals surface area contributed by atoms with Crippen LogP contribution in [0, 0.1) is 0 Å². The van der Waals surface area contributed by atoms with Gasteiger partial charge >= 0.3 is 0 Å². The molecule has 0 aromatic heterocycles. The minimum absolute atomic E-state index is 0.421. The van der Waals surface area contributed by atoms with E-state index < -0.39 is 0 Å². The van der Waals surface area contributed by atoms with Crippen molar-refractivity contribution in [2.75, 3.05) is 0 Å². The molecule has 0 bridgehead atoms. The molecule has 0 saturated carbocycles. The first-order valence-electron chi connectivity index (χ1n) is 7.44. The summed E-state index contributed by atoms with van der Waals surface area (Å²) >= 11 is 0. The van der Waals surface area contributed by atoms with Gasteiger partial charge in [0.2, 0.25) is 0 Å². The van der Waals surface area contributed by atoms with Crippen molar-refractivity contribution in [3.8, 4) is 0 Å². The Morgan fingerprint density at radius 1 is 0.812 bits per heavy atom. The van der Waals surface area contributed by atoms with E-state index in [0.29, 0.717) is 12.7 Å². The lowest BCUT2D eigenvalue weighted by Gasteiger charge is -2.12. The van der Waals surface area contributed by atoms with Crippen LogP contribution in [-0.4, -0.2) is 12.7 Å². The Bertz CT molecular complexity index is 137. The third-order valence-corrected chi connectivity index (χ3v) is 3.50. The molecule has 0 rings (SSSR count). The second-order valence-corrected chi connectivity index (χ2v) is 5.52. The zero-order valence-corrected chi connectivity index (χ0v) is 11.8. The molecule has 0 aromatic rings. The first kappa shape index (κ1) is 16.0. The topological polar surface area (TPSA) is 26.0 Å². The zero-order valence-electron chi connectivity index (χ0n) is 11.8. The monoisotopic (exact) mass is 225 g/mol. The predicted octanol–water partition coefficient (Wildman–Crippen LogP) is 4.53. The van der Waals surface area contributed by atoms with Crippen LogP contribution in [0.15, 0.2) is 0 Å². The Hall–Kier alpha value is 0.0249. The predicted molar refractivity (Wildman–Crippen MR) is 77.3 cm³/mol. The van der Waals surface area contributed by atoms with Crippen LogP contribution in [0.1, 0.15) is 71.1 Å². The largest absolute Gasteiger partial charge is 0.335 e. The van der Waals surface area contributed by atoms with Gasteiger partial charge in [0.25, 0.3) is 0 Å². The maximum absolute atomic E-state index is 6.01. The van der Waals surface area contributed by atoms with Crippen molar-refractivity contribution in [1.29, 1.82) is 0 Å². The molecule has 2 heteroatoms. The molecule has 16 heavy (non-hydrogen) atoms. The van der Waals surface area contributed by atoms with Crippen molar-refractivity contribution < 1.29 is 0 Å². The lowest BCUT2D eigenvalue weighted by atomic mass is 9.48. The number of rotatable bonds is 11. The SMILES string of the molecule is CCCCCCCCCCCC(N)B(C)C. The Labute approximate surface area is 104 Å². The molecule has 2 N–H and O–H groups in total. The Kier molecular flexibility index (Phi) is 11.5. The summed E-state index contributed by atoms with van der Waals surface area (Å²) in [5, 5.41) is 0. The summed E-state index contributed by atoms with van der Waals surface area (Å²) in [6, 6.07) is 0. The molecule has 1 nitrogen and oxygen atoms in total. The molecular weight excluding hydrogens is 193 g/mol. The fraction of sp³-hybridized carbons (Fsp3) is 1.00. The highest BCUT2D eigenvalue weighted by Crippen LogP contribution is 2.11. The lowest BCUT2D eigenvalue weighted by Crippen LogP contribution is -2.33. The normalized spacial score (nSPS) is 12.8. The molecule has 1 unspecified atom stereocenters. The summed E-state index contributed by atoms with van der Waals surface area (Å²) in [6.45, 7) is 7.36. The van der Waals surface area contributed by atoms with Crippen LogP contribution in [-0.2, 0) is 0 Å². The molecule has 0 saturated heterocycles. The fourth-order valence-corrected chi connectivity index (χ4v) is 2.02. The first-order chi connectivity index (χ1) is 7.68. The van der Waals surface area contributed by atoms with Crippen molar-refractivity contribution in [3.63, 3.8) is 0 Å². The molecule has 0 heterocycles.